The van der Waals surface area contributed by atoms with Crippen LogP contribution in [0.2, 0.25) is 0 Å². The third-order valence-electron chi connectivity index (χ3n) is 3.29. The molecule has 1 atom stereocenters. The fraction of sp³-hybridized carbons (Fsp3) is 0.545. The van der Waals surface area contributed by atoms with E-state index in [0.717, 1.165) is 5.56 Å². The van der Waals surface area contributed by atoms with E-state index in [4.69, 9.17) is 5.21 Å². The molecule has 2 N–H and O–H groups in total. The van der Waals surface area contributed by atoms with Crippen LogP contribution in [-0.2, 0) is 18.3 Å². The van der Waals surface area contributed by atoms with E-state index in [9.17, 15) is 9.59 Å². The van der Waals surface area contributed by atoms with E-state index < -0.39 is 12.1 Å². The van der Waals surface area contributed by atoms with E-state index in [1.165, 1.54) is 9.80 Å². The van der Waals surface area contributed by atoms with Gasteiger partial charge in [0.25, 0.3) is 5.91 Å². The maximum absolute atomic E-state index is 12.3. The Balaban J connectivity index is 2.47. The van der Waals surface area contributed by atoms with Crippen molar-refractivity contribution in [2.75, 3.05) is 20.6 Å². The number of hydrogen-bond acceptors (Lipinski definition) is 4. The van der Waals surface area contributed by atoms with Crippen molar-refractivity contribution in [3.63, 3.8) is 0 Å². The molecule has 1 unspecified atom stereocenters. The number of likely N-dealkylation sites (N-methyl/N-ethyl adjacent to an activating group) is 1. The van der Waals surface area contributed by atoms with Gasteiger partial charge in [-0.3, -0.25) is 14.7 Å². The van der Waals surface area contributed by atoms with Gasteiger partial charge in [0.15, 0.2) is 6.04 Å². The quantitative estimate of drug-likeness (QED) is 0.530. The Morgan fingerprint density at radius 1 is 1.53 bits per heavy atom. The summed E-state index contributed by atoms with van der Waals surface area (Å²) in [5.41, 5.74) is 3.22. The van der Waals surface area contributed by atoms with Crippen molar-refractivity contribution in [1.82, 2.24) is 25.1 Å². The number of amides is 3. The van der Waals surface area contributed by atoms with Gasteiger partial charge in [-0.05, 0) is 12.0 Å². The second-order valence-electron chi connectivity index (χ2n) is 4.67. The van der Waals surface area contributed by atoms with Crippen LogP contribution in [0.3, 0.4) is 0 Å². The lowest BCUT2D eigenvalue weighted by Crippen LogP contribution is -2.50. The molecule has 0 spiro atoms. The molecule has 0 bridgehead atoms. The van der Waals surface area contributed by atoms with Gasteiger partial charge in [-0.15, -0.1) is 0 Å². The highest BCUT2D eigenvalue weighted by atomic mass is 16.5. The van der Waals surface area contributed by atoms with Crippen LogP contribution in [0.25, 0.3) is 0 Å². The summed E-state index contributed by atoms with van der Waals surface area (Å²) >= 11 is 0. The first-order valence-electron chi connectivity index (χ1n) is 5.90. The third-order valence-corrected chi connectivity index (χ3v) is 3.29. The lowest BCUT2D eigenvalue weighted by atomic mass is 9.99. The highest BCUT2D eigenvalue weighted by Gasteiger charge is 2.39. The highest BCUT2D eigenvalue weighted by molar-refractivity contribution is 5.88. The summed E-state index contributed by atoms with van der Waals surface area (Å²) < 4.78 is 1.60. The fourth-order valence-electron chi connectivity index (χ4n) is 2.33. The van der Waals surface area contributed by atoms with Gasteiger partial charge in [0.05, 0.1) is 11.9 Å². The van der Waals surface area contributed by atoms with E-state index in [1.54, 1.807) is 37.5 Å². The maximum Gasteiger partial charge on any atom is 0.342 e. The highest BCUT2D eigenvalue weighted by Crippen LogP contribution is 2.30. The minimum absolute atomic E-state index is 0.229. The summed E-state index contributed by atoms with van der Waals surface area (Å²) in [5, 5.41) is 12.9. The van der Waals surface area contributed by atoms with Crippen LogP contribution in [0, 0.1) is 0 Å². The van der Waals surface area contributed by atoms with Crippen LogP contribution in [0.5, 0.6) is 0 Å². The van der Waals surface area contributed by atoms with Crippen LogP contribution in [0.15, 0.2) is 6.20 Å². The van der Waals surface area contributed by atoms with Crippen LogP contribution in [0.1, 0.15) is 17.3 Å². The Labute approximate surface area is 110 Å². The zero-order valence-electron chi connectivity index (χ0n) is 11.1. The number of carbonyl (C=O) groups excluding carboxylic acids is 2. The van der Waals surface area contributed by atoms with Gasteiger partial charge in [0, 0.05) is 27.7 Å². The van der Waals surface area contributed by atoms with E-state index in [-0.39, 0.29) is 5.91 Å². The van der Waals surface area contributed by atoms with Gasteiger partial charge < -0.3 is 9.80 Å². The van der Waals surface area contributed by atoms with Crippen molar-refractivity contribution >= 4 is 11.9 Å². The largest absolute Gasteiger partial charge is 0.347 e. The maximum atomic E-state index is 12.3. The molecule has 8 heteroatoms. The Kier molecular flexibility index (Phi) is 3.43. The second-order valence-corrected chi connectivity index (χ2v) is 4.67. The van der Waals surface area contributed by atoms with Crippen LogP contribution in [0.4, 0.5) is 4.79 Å². The summed E-state index contributed by atoms with van der Waals surface area (Å²) in [6.45, 7) is 0.356. The fourth-order valence-corrected chi connectivity index (χ4v) is 2.33. The Bertz CT molecular complexity index is 510. The molecule has 1 aromatic rings. The smallest absolute Gasteiger partial charge is 0.342 e. The minimum Gasteiger partial charge on any atom is -0.347 e. The molecule has 1 aliphatic heterocycles. The molecule has 0 radical (unpaired) electrons. The number of urea groups is 1. The minimum atomic E-state index is -0.765. The summed E-state index contributed by atoms with van der Waals surface area (Å²) in [5.74, 6) is -0.229. The summed E-state index contributed by atoms with van der Waals surface area (Å²) in [6.07, 6.45) is 2.31. The van der Waals surface area contributed by atoms with Crippen molar-refractivity contribution in [2.45, 2.75) is 12.5 Å². The number of nitrogens with zero attached hydrogens (tertiary/aromatic N) is 4. The van der Waals surface area contributed by atoms with Crippen LogP contribution < -0.4 is 5.48 Å². The van der Waals surface area contributed by atoms with Crippen molar-refractivity contribution in [1.29, 1.82) is 0 Å². The van der Waals surface area contributed by atoms with Crippen molar-refractivity contribution in [3.05, 3.63) is 17.5 Å². The Morgan fingerprint density at radius 3 is 2.79 bits per heavy atom. The van der Waals surface area contributed by atoms with Gasteiger partial charge in [-0.25, -0.2) is 10.3 Å². The normalized spacial score (nSPS) is 17.9. The number of fused-ring (bicyclic) bond motifs is 1. The molecule has 1 aromatic heterocycles. The zero-order valence-corrected chi connectivity index (χ0v) is 11.1. The molecule has 0 aromatic carbocycles. The van der Waals surface area contributed by atoms with Crippen molar-refractivity contribution in [2.24, 2.45) is 7.05 Å². The van der Waals surface area contributed by atoms with Gasteiger partial charge in [-0.2, -0.15) is 5.10 Å². The molecule has 0 fully saturated rings. The molecule has 2 rings (SSSR count). The first-order chi connectivity index (χ1) is 8.97. The summed E-state index contributed by atoms with van der Waals surface area (Å²) in [4.78, 5) is 26.8. The molecule has 0 saturated carbocycles. The number of rotatable bonds is 1. The first-order valence-corrected chi connectivity index (χ1v) is 5.90. The monoisotopic (exact) mass is 267 g/mol. The Morgan fingerprint density at radius 2 is 2.21 bits per heavy atom. The SMILES string of the molecule is CN(C)C(=O)C1c2c(cnn2C)CCN1C(=O)NO. The first kappa shape index (κ1) is 13.3. The lowest BCUT2D eigenvalue weighted by molar-refractivity contribution is -0.134. The molecular formula is C11H17N5O3. The third kappa shape index (κ3) is 2.14. The molecule has 8 nitrogen and oxygen atoms in total. The number of carbonyl (C=O) groups is 2. The molecule has 1 aliphatic rings. The molecule has 3 amide bonds. The molecule has 104 valence electrons. The Hall–Kier alpha value is -2.09. The second kappa shape index (κ2) is 4.88. The number of nitrogens with one attached hydrogen (secondary N) is 1. The van der Waals surface area contributed by atoms with Crippen LogP contribution in [-0.4, -0.2) is 57.4 Å². The van der Waals surface area contributed by atoms with E-state index in [2.05, 4.69) is 5.10 Å². The van der Waals surface area contributed by atoms with E-state index >= 15 is 0 Å². The molecular weight excluding hydrogens is 250 g/mol. The number of hydrogen-bond donors (Lipinski definition) is 2. The van der Waals surface area contributed by atoms with Crippen LogP contribution >= 0.6 is 0 Å². The zero-order chi connectivity index (χ0) is 14.2. The van der Waals surface area contributed by atoms with Gasteiger partial charge in [-0.1, -0.05) is 0 Å². The number of aryl methyl sites for hydroxylation is 1. The van der Waals surface area contributed by atoms with Crippen molar-refractivity contribution < 1.29 is 14.8 Å². The van der Waals surface area contributed by atoms with Gasteiger partial charge in [0.1, 0.15) is 0 Å². The molecule has 19 heavy (non-hydrogen) atoms. The molecule has 0 aliphatic carbocycles. The summed E-state index contributed by atoms with van der Waals surface area (Å²) in [6, 6.07) is -1.45. The molecule has 2 heterocycles. The van der Waals surface area contributed by atoms with Gasteiger partial charge in [0.2, 0.25) is 0 Å². The average molecular weight is 267 g/mol. The van der Waals surface area contributed by atoms with E-state index in [0.29, 0.717) is 18.7 Å². The van der Waals surface area contributed by atoms with E-state index in [1.807, 2.05) is 0 Å². The topological polar surface area (TPSA) is 90.7 Å². The molecule has 0 saturated heterocycles. The standard InChI is InChI=1S/C11H17N5O3/c1-14(2)10(17)9-8-7(6-12-15(8)3)4-5-16(9)11(18)13-19/h6,9,19H,4-5H2,1-3H3,(H,13,18). The van der Waals surface area contributed by atoms with Crippen molar-refractivity contribution in [3.8, 4) is 0 Å². The number of aromatic nitrogens is 2. The predicted octanol–water partition coefficient (Wildman–Crippen LogP) is -0.494. The lowest BCUT2D eigenvalue weighted by Gasteiger charge is -2.35. The van der Waals surface area contributed by atoms with Gasteiger partial charge >= 0.3 is 6.03 Å². The average Bonchev–Trinajstić information content (AvgIpc) is 2.77. The number of hydroxylamine groups is 1. The predicted molar refractivity (Wildman–Crippen MR) is 65.4 cm³/mol. The summed E-state index contributed by atoms with van der Waals surface area (Å²) in [7, 11) is 4.99.